The maximum Gasteiger partial charge on any atom is 0.345 e. The van der Waals surface area contributed by atoms with Crippen LogP contribution in [0.5, 0.6) is 0 Å². The van der Waals surface area contributed by atoms with Crippen molar-refractivity contribution in [1.29, 1.82) is 0 Å². The average Bonchev–Trinajstić information content (AvgIpc) is 2.94. The highest BCUT2D eigenvalue weighted by atomic mass is 32.2. The Labute approximate surface area is 137 Å². The summed E-state index contributed by atoms with van der Waals surface area (Å²) < 4.78 is 0. The number of benzene rings is 1. The first-order valence-electron chi connectivity index (χ1n) is 6.83. The molecule has 4 nitrogen and oxygen atoms in total. The topological polar surface area (TPSA) is 66.4 Å². The lowest BCUT2D eigenvalue weighted by Gasteiger charge is -2.11. The number of thiophene rings is 1. The molecule has 0 radical (unpaired) electrons. The van der Waals surface area contributed by atoms with Gasteiger partial charge in [0, 0.05) is 15.0 Å². The zero-order valence-electron chi connectivity index (χ0n) is 12.3. The fourth-order valence-electron chi connectivity index (χ4n) is 1.86. The molecule has 0 unspecified atom stereocenters. The van der Waals surface area contributed by atoms with E-state index in [0.717, 1.165) is 9.77 Å². The molecule has 1 aromatic heterocycles. The number of carboxylic acid groups (broad SMARTS) is 1. The van der Waals surface area contributed by atoms with Crippen LogP contribution in [0.15, 0.2) is 41.3 Å². The lowest BCUT2D eigenvalue weighted by Crippen LogP contribution is -2.23. The smallest absolute Gasteiger partial charge is 0.345 e. The molecule has 0 spiro atoms. The number of aromatic carboxylic acids is 1. The predicted molar refractivity (Wildman–Crippen MR) is 89.9 cm³/mol. The molecule has 22 heavy (non-hydrogen) atoms. The van der Waals surface area contributed by atoms with E-state index in [1.807, 2.05) is 18.2 Å². The first kappa shape index (κ1) is 16.6. The molecule has 2 rings (SSSR count). The summed E-state index contributed by atoms with van der Waals surface area (Å²) in [6.45, 7) is 4.49. The van der Waals surface area contributed by atoms with Crippen LogP contribution in [0.25, 0.3) is 0 Å². The zero-order chi connectivity index (χ0) is 16.1. The van der Waals surface area contributed by atoms with Gasteiger partial charge in [0.2, 0.25) is 0 Å². The summed E-state index contributed by atoms with van der Waals surface area (Å²) in [6.07, 6.45) is 0. The zero-order valence-corrected chi connectivity index (χ0v) is 14.0. The van der Waals surface area contributed by atoms with Gasteiger partial charge < -0.3 is 10.4 Å². The van der Waals surface area contributed by atoms with Crippen molar-refractivity contribution in [2.45, 2.75) is 30.5 Å². The second kappa shape index (κ2) is 7.47. The van der Waals surface area contributed by atoms with Crippen molar-refractivity contribution in [3.63, 3.8) is 0 Å². The third-order valence-corrected chi connectivity index (χ3v) is 4.94. The predicted octanol–water partition coefficient (Wildman–Crippen LogP) is 3.88. The van der Waals surface area contributed by atoms with Gasteiger partial charge in [-0.2, -0.15) is 0 Å². The van der Waals surface area contributed by atoms with Crippen molar-refractivity contribution in [3.05, 3.63) is 51.7 Å². The summed E-state index contributed by atoms with van der Waals surface area (Å²) in [5.41, 5.74) is 0.649. The molecule has 2 aromatic rings. The third-order valence-electron chi connectivity index (χ3n) is 2.79. The van der Waals surface area contributed by atoms with Gasteiger partial charge in [-0.3, -0.25) is 4.79 Å². The molecule has 0 saturated heterocycles. The number of amides is 1. The number of thioether (sulfide) groups is 1. The van der Waals surface area contributed by atoms with Crippen molar-refractivity contribution in [3.8, 4) is 0 Å². The molecule has 0 atom stereocenters. The van der Waals surface area contributed by atoms with Crippen molar-refractivity contribution < 1.29 is 14.7 Å². The fourth-order valence-corrected chi connectivity index (χ4v) is 3.60. The number of carbonyl (C=O) groups excluding carboxylic acids is 1. The van der Waals surface area contributed by atoms with Gasteiger partial charge in [0.25, 0.3) is 5.91 Å². The molecule has 0 aliphatic heterocycles. The van der Waals surface area contributed by atoms with Gasteiger partial charge in [-0.15, -0.1) is 23.1 Å². The molecular weight excluding hydrogens is 318 g/mol. The van der Waals surface area contributed by atoms with E-state index < -0.39 is 5.97 Å². The van der Waals surface area contributed by atoms with E-state index in [4.69, 9.17) is 5.11 Å². The molecular formula is C16H17NO3S2. The maximum absolute atomic E-state index is 12.3. The van der Waals surface area contributed by atoms with E-state index in [1.165, 1.54) is 11.3 Å². The van der Waals surface area contributed by atoms with Crippen LogP contribution in [-0.4, -0.2) is 22.2 Å². The molecule has 0 fully saturated rings. The Morgan fingerprint density at radius 3 is 2.59 bits per heavy atom. The quantitative estimate of drug-likeness (QED) is 0.786. The Bertz CT molecular complexity index is 680. The van der Waals surface area contributed by atoms with E-state index >= 15 is 0 Å². The van der Waals surface area contributed by atoms with E-state index in [9.17, 15) is 9.59 Å². The van der Waals surface area contributed by atoms with Crippen LogP contribution >= 0.6 is 23.1 Å². The second-order valence-corrected chi connectivity index (χ2v) is 7.70. The lowest BCUT2D eigenvalue weighted by molar-refractivity contribution is 0.0702. The summed E-state index contributed by atoms with van der Waals surface area (Å²) >= 11 is 2.82. The normalized spacial score (nSPS) is 10.7. The highest BCUT2D eigenvalue weighted by Gasteiger charge is 2.13. The van der Waals surface area contributed by atoms with Crippen LogP contribution in [-0.2, 0) is 6.54 Å². The van der Waals surface area contributed by atoms with E-state index in [-0.39, 0.29) is 10.8 Å². The van der Waals surface area contributed by atoms with Crippen LogP contribution in [0.2, 0.25) is 0 Å². The average molecular weight is 335 g/mol. The monoisotopic (exact) mass is 335 g/mol. The van der Waals surface area contributed by atoms with Crippen molar-refractivity contribution in [2.24, 2.45) is 0 Å². The van der Waals surface area contributed by atoms with Crippen LogP contribution in [0, 0.1) is 0 Å². The minimum atomic E-state index is -0.943. The number of carboxylic acids is 1. The minimum absolute atomic E-state index is 0.144. The van der Waals surface area contributed by atoms with Crippen LogP contribution in [0.4, 0.5) is 0 Å². The highest BCUT2D eigenvalue weighted by molar-refractivity contribution is 8.00. The van der Waals surface area contributed by atoms with E-state index in [2.05, 4.69) is 19.2 Å². The molecule has 2 N–H and O–H groups in total. The molecule has 0 bridgehead atoms. The Morgan fingerprint density at radius 2 is 1.95 bits per heavy atom. The Balaban J connectivity index is 2.04. The van der Waals surface area contributed by atoms with Crippen molar-refractivity contribution >= 4 is 35.0 Å². The van der Waals surface area contributed by atoms with E-state index in [1.54, 1.807) is 30.0 Å². The molecule has 1 amide bonds. The molecule has 0 aliphatic rings. The standard InChI is InChI=1S/C16H17NO3S2/c1-10(2)21-13-6-4-3-5-12(13)15(18)17-9-11-7-8-14(22-11)16(19)20/h3-8,10H,9H2,1-2H3,(H,17,18)(H,19,20). The summed E-state index contributed by atoms with van der Waals surface area (Å²) in [7, 11) is 0. The summed E-state index contributed by atoms with van der Waals surface area (Å²) in [5, 5.41) is 12.1. The van der Waals surface area contributed by atoms with Gasteiger partial charge in [0.15, 0.2) is 0 Å². The number of rotatable bonds is 6. The third kappa shape index (κ3) is 4.35. The summed E-state index contributed by atoms with van der Waals surface area (Å²) in [4.78, 5) is 25.2. The number of hydrogen-bond donors (Lipinski definition) is 2. The minimum Gasteiger partial charge on any atom is -0.477 e. The molecule has 0 aliphatic carbocycles. The molecule has 1 aromatic carbocycles. The Hall–Kier alpha value is -1.79. The van der Waals surface area contributed by atoms with Crippen molar-refractivity contribution in [2.75, 3.05) is 0 Å². The van der Waals surface area contributed by atoms with E-state index in [0.29, 0.717) is 17.4 Å². The van der Waals surface area contributed by atoms with Crippen molar-refractivity contribution in [1.82, 2.24) is 5.32 Å². The lowest BCUT2D eigenvalue weighted by atomic mass is 10.2. The van der Waals surface area contributed by atoms with Crippen LogP contribution in [0.1, 0.15) is 38.8 Å². The maximum atomic E-state index is 12.3. The van der Waals surface area contributed by atoms with Gasteiger partial charge in [-0.1, -0.05) is 26.0 Å². The van der Waals surface area contributed by atoms with Crippen LogP contribution in [0.3, 0.4) is 0 Å². The van der Waals surface area contributed by atoms with Gasteiger partial charge in [-0.05, 0) is 24.3 Å². The summed E-state index contributed by atoms with van der Waals surface area (Å²) in [5.74, 6) is -1.09. The largest absolute Gasteiger partial charge is 0.477 e. The molecule has 116 valence electrons. The number of nitrogens with one attached hydrogen (secondary N) is 1. The van der Waals surface area contributed by atoms with Gasteiger partial charge in [0.1, 0.15) is 4.88 Å². The first-order chi connectivity index (χ1) is 10.5. The molecule has 6 heteroatoms. The fraction of sp³-hybridized carbons (Fsp3) is 0.250. The molecule has 1 heterocycles. The van der Waals surface area contributed by atoms with Gasteiger partial charge in [-0.25, -0.2) is 4.79 Å². The second-order valence-electron chi connectivity index (χ2n) is 4.92. The number of carbonyl (C=O) groups is 2. The number of hydrogen-bond acceptors (Lipinski definition) is 4. The summed E-state index contributed by atoms with van der Waals surface area (Å²) in [6, 6.07) is 10.8. The Morgan fingerprint density at radius 1 is 1.23 bits per heavy atom. The van der Waals surface area contributed by atoms with Crippen LogP contribution < -0.4 is 5.32 Å². The Kier molecular flexibility index (Phi) is 5.63. The van der Waals surface area contributed by atoms with Gasteiger partial charge >= 0.3 is 5.97 Å². The highest BCUT2D eigenvalue weighted by Crippen LogP contribution is 2.26. The first-order valence-corrected chi connectivity index (χ1v) is 8.53. The SMILES string of the molecule is CC(C)Sc1ccccc1C(=O)NCc1ccc(C(=O)O)s1. The van der Waals surface area contributed by atoms with Gasteiger partial charge in [0.05, 0.1) is 12.1 Å². The molecule has 0 saturated carbocycles.